The van der Waals surface area contributed by atoms with Crippen molar-refractivity contribution in [1.82, 2.24) is 5.48 Å². The highest BCUT2D eigenvalue weighted by molar-refractivity contribution is 5.76. The first-order chi connectivity index (χ1) is 7.76. The van der Waals surface area contributed by atoms with Gasteiger partial charge in [0.15, 0.2) is 0 Å². The van der Waals surface area contributed by atoms with Gasteiger partial charge in [-0.25, -0.2) is 0 Å². The molecule has 0 aromatic heterocycles. The molecule has 0 amide bonds. The van der Waals surface area contributed by atoms with E-state index in [1.54, 1.807) is 0 Å². The Hall–Kier alpha value is -1.03. The van der Waals surface area contributed by atoms with Crippen LogP contribution in [0.1, 0.15) is 34.6 Å². The molecule has 2 atom stereocenters. The van der Waals surface area contributed by atoms with Gasteiger partial charge in [-0.15, -0.1) is 0 Å². The van der Waals surface area contributed by atoms with Crippen LogP contribution in [0.4, 0.5) is 0 Å². The number of hydrogen-bond acceptors (Lipinski definition) is 3. The van der Waals surface area contributed by atoms with Crippen LogP contribution in [0.5, 0.6) is 0 Å². The van der Waals surface area contributed by atoms with Crippen LogP contribution in [-0.4, -0.2) is 17.7 Å². The van der Waals surface area contributed by atoms with Crippen LogP contribution in [-0.2, 0) is 9.63 Å². The first kappa shape index (κ1) is 14.0. The van der Waals surface area contributed by atoms with Gasteiger partial charge in [-0.05, 0) is 24.2 Å². The summed E-state index contributed by atoms with van der Waals surface area (Å²) in [7, 11) is 0. The Morgan fingerprint density at radius 2 is 2.12 bits per heavy atom. The number of rotatable bonds is 6. The van der Waals surface area contributed by atoms with E-state index in [-0.39, 0.29) is 17.3 Å². The summed E-state index contributed by atoms with van der Waals surface area (Å²) in [5, 5.41) is 9.04. The van der Waals surface area contributed by atoms with Crippen molar-refractivity contribution in [2.24, 2.45) is 23.2 Å². The van der Waals surface area contributed by atoms with Crippen LogP contribution in [0.25, 0.3) is 0 Å². The number of carbonyl (C=O) groups is 1. The molecule has 4 heteroatoms. The van der Waals surface area contributed by atoms with Crippen molar-refractivity contribution < 1.29 is 14.7 Å². The third-order valence-electron chi connectivity index (χ3n) is 3.26. The first-order valence-corrected chi connectivity index (χ1v) is 6.05. The molecule has 17 heavy (non-hydrogen) atoms. The Balaban J connectivity index is 2.45. The Bertz CT molecular complexity index is 321. The summed E-state index contributed by atoms with van der Waals surface area (Å²) in [6.07, 6.45) is 1.96. The SMILES string of the molecule is CC(=CC1C(C(=O)O)C1(C)C)NOCC(C)C. The van der Waals surface area contributed by atoms with Gasteiger partial charge in [-0.1, -0.05) is 33.8 Å². The highest BCUT2D eigenvalue weighted by Crippen LogP contribution is 2.59. The molecule has 0 bridgehead atoms. The molecule has 0 aliphatic heterocycles. The smallest absolute Gasteiger partial charge is 0.307 e. The predicted molar refractivity (Wildman–Crippen MR) is 66.1 cm³/mol. The van der Waals surface area contributed by atoms with E-state index in [9.17, 15) is 4.79 Å². The zero-order valence-corrected chi connectivity index (χ0v) is 11.3. The lowest BCUT2D eigenvalue weighted by Crippen LogP contribution is -2.16. The molecule has 0 heterocycles. The predicted octanol–water partition coefficient (Wildman–Crippen LogP) is 2.42. The number of carboxylic acids is 1. The molecule has 2 N–H and O–H groups in total. The molecular weight excluding hydrogens is 218 g/mol. The summed E-state index contributed by atoms with van der Waals surface area (Å²) in [4.78, 5) is 16.3. The van der Waals surface area contributed by atoms with Crippen molar-refractivity contribution in [3.8, 4) is 0 Å². The maximum Gasteiger partial charge on any atom is 0.307 e. The fourth-order valence-corrected chi connectivity index (χ4v) is 2.09. The van der Waals surface area contributed by atoms with Crippen molar-refractivity contribution in [3.05, 3.63) is 11.8 Å². The van der Waals surface area contributed by atoms with Gasteiger partial charge in [-0.2, -0.15) is 0 Å². The van der Waals surface area contributed by atoms with E-state index >= 15 is 0 Å². The monoisotopic (exact) mass is 241 g/mol. The van der Waals surface area contributed by atoms with Gasteiger partial charge < -0.3 is 5.11 Å². The van der Waals surface area contributed by atoms with E-state index in [0.717, 1.165) is 5.70 Å². The largest absolute Gasteiger partial charge is 0.481 e. The molecule has 0 aromatic rings. The van der Waals surface area contributed by atoms with Gasteiger partial charge in [0.05, 0.1) is 12.5 Å². The lowest BCUT2D eigenvalue weighted by atomic mass is 10.1. The second-order valence-corrected chi connectivity index (χ2v) is 5.82. The van der Waals surface area contributed by atoms with Gasteiger partial charge in [0.2, 0.25) is 0 Å². The summed E-state index contributed by atoms with van der Waals surface area (Å²) in [6.45, 7) is 10.6. The molecule has 0 spiro atoms. The van der Waals surface area contributed by atoms with Gasteiger partial charge in [0, 0.05) is 5.70 Å². The standard InChI is InChI=1S/C13H23NO3/c1-8(2)7-17-14-9(3)6-10-11(12(15)16)13(10,4)5/h6,8,10-11,14H,7H2,1-5H3,(H,15,16). The summed E-state index contributed by atoms with van der Waals surface area (Å²) in [5.41, 5.74) is 3.59. The van der Waals surface area contributed by atoms with E-state index < -0.39 is 5.97 Å². The fourth-order valence-electron chi connectivity index (χ4n) is 2.09. The lowest BCUT2D eigenvalue weighted by molar-refractivity contribution is -0.139. The molecule has 1 aliphatic rings. The van der Waals surface area contributed by atoms with E-state index in [0.29, 0.717) is 12.5 Å². The van der Waals surface area contributed by atoms with Crippen molar-refractivity contribution in [1.29, 1.82) is 0 Å². The van der Waals surface area contributed by atoms with E-state index in [1.165, 1.54) is 0 Å². The molecule has 0 radical (unpaired) electrons. The minimum absolute atomic E-state index is 0.0927. The topological polar surface area (TPSA) is 58.6 Å². The minimum Gasteiger partial charge on any atom is -0.481 e. The molecule has 0 saturated heterocycles. The highest BCUT2D eigenvalue weighted by Gasteiger charge is 2.60. The number of carboxylic acid groups (broad SMARTS) is 1. The number of hydroxylamine groups is 1. The molecule has 1 fully saturated rings. The van der Waals surface area contributed by atoms with Crippen molar-refractivity contribution >= 4 is 5.97 Å². The third kappa shape index (κ3) is 3.46. The molecule has 1 saturated carbocycles. The molecule has 2 unspecified atom stereocenters. The van der Waals surface area contributed by atoms with E-state index in [4.69, 9.17) is 9.94 Å². The van der Waals surface area contributed by atoms with Gasteiger partial charge in [0.1, 0.15) is 0 Å². The minimum atomic E-state index is -0.716. The maximum absolute atomic E-state index is 11.0. The average molecular weight is 241 g/mol. The van der Waals surface area contributed by atoms with Crippen LogP contribution in [0, 0.1) is 23.2 Å². The van der Waals surface area contributed by atoms with Gasteiger partial charge in [-0.3, -0.25) is 15.1 Å². The summed E-state index contributed by atoms with van der Waals surface area (Å²) in [5.74, 6) is -0.425. The Morgan fingerprint density at radius 1 is 1.53 bits per heavy atom. The quantitative estimate of drug-likeness (QED) is 0.701. The van der Waals surface area contributed by atoms with Crippen LogP contribution >= 0.6 is 0 Å². The molecule has 1 aliphatic carbocycles. The zero-order valence-electron chi connectivity index (χ0n) is 11.3. The molecule has 0 aromatic carbocycles. The van der Waals surface area contributed by atoms with Crippen LogP contribution in [0.2, 0.25) is 0 Å². The second kappa shape index (κ2) is 5.08. The fraction of sp³-hybridized carbons (Fsp3) is 0.769. The molecular formula is C13H23NO3. The summed E-state index contributed by atoms with van der Waals surface area (Å²) in [6, 6.07) is 0. The third-order valence-corrected chi connectivity index (χ3v) is 3.26. The van der Waals surface area contributed by atoms with E-state index in [1.807, 2.05) is 26.8 Å². The molecule has 98 valence electrons. The van der Waals surface area contributed by atoms with Crippen molar-refractivity contribution in [3.63, 3.8) is 0 Å². The summed E-state index contributed by atoms with van der Waals surface area (Å²) < 4.78 is 0. The zero-order chi connectivity index (χ0) is 13.2. The lowest BCUT2D eigenvalue weighted by Gasteiger charge is -2.09. The Labute approximate surface area is 103 Å². The maximum atomic E-state index is 11.0. The summed E-state index contributed by atoms with van der Waals surface area (Å²) >= 11 is 0. The van der Waals surface area contributed by atoms with Gasteiger partial charge in [0.25, 0.3) is 0 Å². The molecule has 1 rings (SSSR count). The van der Waals surface area contributed by atoms with Crippen molar-refractivity contribution in [2.75, 3.05) is 6.61 Å². The van der Waals surface area contributed by atoms with E-state index in [2.05, 4.69) is 19.3 Å². The van der Waals surface area contributed by atoms with Gasteiger partial charge >= 0.3 is 5.97 Å². The van der Waals surface area contributed by atoms with Crippen molar-refractivity contribution in [2.45, 2.75) is 34.6 Å². The number of aliphatic carboxylic acids is 1. The van der Waals surface area contributed by atoms with Crippen LogP contribution < -0.4 is 5.48 Å². The Kier molecular flexibility index (Phi) is 4.20. The number of hydrogen-bond donors (Lipinski definition) is 2. The highest BCUT2D eigenvalue weighted by atomic mass is 16.6. The first-order valence-electron chi connectivity index (χ1n) is 6.05. The number of nitrogens with one attached hydrogen (secondary N) is 1. The number of allylic oxidation sites excluding steroid dienone is 2. The van der Waals surface area contributed by atoms with Crippen LogP contribution in [0.3, 0.4) is 0 Å². The normalized spacial score (nSPS) is 27.1. The average Bonchev–Trinajstić information content (AvgIpc) is 2.67. The molecule has 4 nitrogen and oxygen atoms in total. The van der Waals surface area contributed by atoms with Crippen LogP contribution in [0.15, 0.2) is 11.8 Å². The second-order valence-electron chi connectivity index (χ2n) is 5.82. The Morgan fingerprint density at radius 3 is 2.53 bits per heavy atom.